The van der Waals surface area contributed by atoms with Crippen molar-refractivity contribution in [1.29, 1.82) is 0 Å². The molecule has 0 saturated heterocycles. The van der Waals surface area contributed by atoms with E-state index in [0.717, 1.165) is 39.6 Å². The number of nitrogens with one attached hydrogen (secondary N) is 1. The van der Waals surface area contributed by atoms with Gasteiger partial charge in [-0.25, -0.2) is 4.98 Å². The van der Waals surface area contributed by atoms with E-state index in [1.807, 2.05) is 60.7 Å². The second kappa shape index (κ2) is 6.95. The van der Waals surface area contributed by atoms with E-state index in [1.54, 1.807) is 12.4 Å². The number of hydrogen-bond donors (Lipinski definition) is 1. The second-order valence-electron chi connectivity index (χ2n) is 7.43. The maximum absolute atomic E-state index is 13.2. The van der Waals surface area contributed by atoms with E-state index in [1.165, 1.54) is 0 Å². The molecule has 0 unspecified atom stereocenters. The summed E-state index contributed by atoms with van der Waals surface area (Å²) in [5.41, 5.74) is 6.40. The molecule has 2 aromatic carbocycles. The SMILES string of the molecule is O=C1c2ccccc2-c2nc(-c3ccncc3)cc(NCc3ccc4c(c3)OCO4)c21. The summed E-state index contributed by atoms with van der Waals surface area (Å²) in [5.74, 6) is 1.48. The first kappa shape index (κ1) is 17.7. The Bertz CT molecular complexity index is 1340. The van der Waals surface area contributed by atoms with Gasteiger partial charge in [0, 0.05) is 41.3 Å². The maximum Gasteiger partial charge on any atom is 0.231 e. The molecule has 4 aromatic rings. The largest absolute Gasteiger partial charge is 0.454 e. The fourth-order valence-corrected chi connectivity index (χ4v) is 4.05. The molecule has 1 aliphatic heterocycles. The van der Waals surface area contributed by atoms with Crippen LogP contribution in [0.4, 0.5) is 5.69 Å². The van der Waals surface area contributed by atoms with E-state index in [9.17, 15) is 4.79 Å². The molecule has 0 amide bonds. The van der Waals surface area contributed by atoms with E-state index in [2.05, 4.69) is 10.3 Å². The zero-order valence-corrected chi connectivity index (χ0v) is 16.5. The Morgan fingerprint density at radius 3 is 2.58 bits per heavy atom. The van der Waals surface area contributed by atoms with Crippen LogP contribution >= 0.6 is 0 Å². The minimum Gasteiger partial charge on any atom is -0.454 e. The number of fused-ring (bicyclic) bond motifs is 4. The lowest BCUT2D eigenvalue weighted by molar-refractivity contribution is 0.104. The number of carbonyl (C=O) groups is 1. The molecule has 0 saturated carbocycles. The van der Waals surface area contributed by atoms with Crippen molar-refractivity contribution < 1.29 is 14.3 Å². The summed E-state index contributed by atoms with van der Waals surface area (Å²) in [6.45, 7) is 0.776. The number of carbonyl (C=O) groups excluding carboxylic acids is 1. The van der Waals surface area contributed by atoms with E-state index in [0.29, 0.717) is 23.4 Å². The van der Waals surface area contributed by atoms with Crippen molar-refractivity contribution >= 4 is 11.5 Å². The quantitative estimate of drug-likeness (QED) is 0.466. The van der Waals surface area contributed by atoms with Crippen molar-refractivity contribution in [3.05, 3.63) is 89.7 Å². The third kappa shape index (κ3) is 2.92. The van der Waals surface area contributed by atoms with Gasteiger partial charge in [0.05, 0.1) is 17.0 Å². The number of pyridine rings is 2. The molecule has 6 heteroatoms. The van der Waals surface area contributed by atoms with Gasteiger partial charge in [-0.15, -0.1) is 0 Å². The van der Waals surface area contributed by atoms with Crippen LogP contribution < -0.4 is 14.8 Å². The van der Waals surface area contributed by atoms with Gasteiger partial charge >= 0.3 is 0 Å². The highest BCUT2D eigenvalue weighted by atomic mass is 16.7. The van der Waals surface area contributed by atoms with Gasteiger partial charge in [0.2, 0.25) is 6.79 Å². The predicted molar refractivity (Wildman–Crippen MR) is 116 cm³/mol. The first-order valence-electron chi connectivity index (χ1n) is 10.00. The Kier molecular flexibility index (Phi) is 3.96. The highest BCUT2D eigenvalue weighted by Crippen LogP contribution is 2.41. The van der Waals surface area contributed by atoms with Gasteiger partial charge in [0.1, 0.15) is 0 Å². The van der Waals surface area contributed by atoms with E-state index in [4.69, 9.17) is 14.5 Å². The van der Waals surface area contributed by atoms with Gasteiger partial charge in [-0.3, -0.25) is 9.78 Å². The molecule has 1 N–H and O–H groups in total. The molecule has 0 spiro atoms. The molecule has 31 heavy (non-hydrogen) atoms. The van der Waals surface area contributed by atoms with Gasteiger partial charge in [-0.2, -0.15) is 0 Å². The van der Waals surface area contributed by atoms with Gasteiger partial charge < -0.3 is 14.8 Å². The molecule has 3 heterocycles. The summed E-state index contributed by atoms with van der Waals surface area (Å²) >= 11 is 0. The highest BCUT2D eigenvalue weighted by molar-refractivity contribution is 6.24. The normalized spacial score (nSPS) is 13.1. The molecule has 150 valence electrons. The second-order valence-corrected chi connectivity index (χ2v) is 7.43. The zero-order chi connectivity index (χ0) is 20.8. The third-order valence-corrected chi connectivity index (χ3v) is 5.57. The van der Waals surface area contributed by atoms with E-state index < -0.39 is 0 Å². The molecular formula is C25H17N3O3. The average molecular weight is 407 g/mol. The third-order valence-electron chi connectivity index (χ3n) is 5.57. The van der Waals surface area contributed by atoms with Gasteiger partial charge in [-0.1, -0.05) is 30.3 Å². The Morgan fingerprint density at radius 1 is 0.903 bits per heavy atom. The fourth-order valence-electron chi connectivity index (χ4n) is 4.05. The van der Waals surface area contributed by atoms with Gasteiger partial charge in [-0.05, 0) is 35.9 Å². The average Bonchev–Trinajstić information content (AvgIpc) is 3.41. The Balaban J connectivity index is 1.43. The van der Waals surface area contributed by atoms with Crippen LogP contribution in [0.5, 0.6) is 11.5 Å². The van der Waals surface area contributed by atoms with Crippen LogP contribution in [0.1, 0.15) is 21.5 Å². The molecule has 1 aliphatic carbocycles. The van der Waals surface area contributed by atoms with Crippen LogP contribution in [0, 0.1) is 0 Å². The molecule has 0 atom stereocenters. The number of nitrogens with zero attached hydrogens (tertiary/aromatic N) is 2. The first-order valence-corrected chi connectivity index (χ1v) is 10.00. The van der Waals surface area contributed by atoms with Gasteiger partial charge in [0.25, 0.3) is 0 Å². The number of benzene rings is 2. The minimum atomic E-state index is -0.00688. The van der Waals surface area contributed by atoms with Gasteiger partial charge in [0.15, 0.2) is 17.3 Å². The summed E-state index contributed by atoms with van der Waals surface area (Å²) in [4.78, 5) is 22.1. The van der Waals surface area contributed by atoms with Crippen molar-refractivity contribution in [1.82, 2.24) is 9.97 Å². The Hall–Kier alpha value is -4.19. The Morgan fingerprint density at radius 2 is 1.71 bits per heavy atom. The summed E-state index contributed by atoms with van der Waals surface area (Å²) < 4.78 is 10.9. The molecule has 6 rings (SSSR count). The van der Waals surface area contributed by atoms with Crippen LogP contribution in [0.2, 0.25) is 0 Å². The number of hydrogen-bond acceptors (Lipinski definition) is 6. The zero-order valence-electron chi connectivity index (χ0n) is 16.5. The molecule has 2 aromatic heterocycles. The summed E-state index contributed by atoms with van der Waals surface area (Å²) in [7, 11) is 0. The number of aromatic nitrogens is 2. The smallest absolute Gasteiger partial charge is 0.231 e. The van der Waals surface area contributed by atoms with Crippen molar-refractivity contribution in [3.8, 4) is 34.0 Å². The number of anilines is 1. The van der Waals surface area contributed by atoms with Crippen molar-refractivity contribution in [3.63, 3.8) is 0 Å². The Labute approximate surface area is 178 Å². The monoisotopic (exact) mass is 407 g/mol. The summed E-state index contributed by atoms with van der Waals surface area (Å²) in [6.07, 6.45) is 3.48. The fraction of sp³-hybridized carbons (Fsp3) is 0.0800. The summed E-state index contributed by atoms with van der Waals surface area (Å²) in [5, 5.41) is 3.46. The molecule has 0 fully saturated rings. The first-order chi connectivity index (χ1) is 15.3. The summed E-state index contributed by atoms with van der Waals surface area (Å²) in [6, 6.07) is 19.2. The van der Waals surface area contributed by atoms with E-state index in [-0.39, 0.29) is 12.6 Å². The lowest BCUT2D eigenvalue weighted by Crippen LogP contribution is -2.07. The lowest BCUT2D eigenvalue weighted by Gasteiger charge is -2.13. The van der Waals surface area contributed by atoms with Crippen LogP contribution in [0.3, 0.4) is 0 Å². The molecule has 2 aliphatic rings. The van der Waals surface area contributed by atoms with Crippen LogP contribution in [-0.2, 0) is 6.54 Å². The van der Waals surface area contributed by atoms with Crippen molar-refractivity contribution in [2.45, 2.75) is 6.54 Å². The number of ether oxygens (including phenoxy) is 2. The van der Waals surface area contributed by atoms with Crippen molar-refractivity contribution in [2.24, 2.45) is 0 Å². The van der Waals surface area contributed by atoms with Crippen molar-refractivity contribution in [2.75, 3.05) is 12.1 Å². The maximum atomic E-state index is 13.2. The van der Waals surface area contributed by atoms with Crippen LogP contribution in [0.25, 0.3) is 22.5 Å². The topological polar surface area (TPSA) is 73.3 Å². The number of ketones is 1. The van der Waals surface area contributed by atoms with Crippen LogP contribution in [-0.4, -0.2) is 22.5 Å². The molecule has 0 radical (unpaired) electrons. The number of rotatable bonds is 4. The molecular weight excluding hydrogens is 390 g/mol. The minimum absolute atomic E-state index is 0.00688. The molecule has 0 bridgehead atoms. The standard InChI is InChI=1S/C25H17N3O3/c29-25-18-4-2-1-3-17(18)24-23(25)20(12-19(28-24)16-7-9-26-10-8-16)27-13-15-5-6-21-22(11-15)31-14-30-21/h1-12H,13-14H2,(H,27,28). The highest BCUT2D eigenvalue weighted by Gasteiger charge is 2.31. The van der Waals surface area contributed by atoms with Crippen LogP contribution in [0.15, 0.2) is 73.1 Å². The van der Waals surface area contributed by atoms with E-state index >= 15 is 0 Å². The molecule has 6 nitrogen and oxygen atoms in total. The lowest BCUT2D eigenvalue weighted by atomic mass is 10.1. The predicted octanol–water partition coefficient (Wildman–Crippen LogP) is 4.70.